The minimum absolute atomic E-state index is 0.0753. The van der Waals surface area contributed by atoms with Crippen LogP contribution in [-0.2, 0) is 13.1 Å². The highest BCUT2D eigenvalue weighted by Crippen LogP contribution is 2.31. The summed E-state index contributed by atoms with van der Waals surface area (Å²) in [6, 6.07) is 9.80. The van der Waals surface area contributed by atoms with Gasteiger partial charge in [-0.05, 0) is 44.8 Å². The van der Waals surface area contributed by atoms with Gasteiger partial charge in [-0.15, -0.1) is 11.3 Å². The van der Waals surface area contributed by atoms with E-state index in [1.54, 1.807) is 18.4 Å². The fourth-order valence-corrected chi connectivity index (χ4v) is 3.84. The van der Waals surface area contributed by atoms with Gasteiger partial charge in [-0.25, -0.2) is 0 Å². The Balaban J connectivity index is 1.79. The number of fused-ring (bicyclic) bond motifs is 1. The second-order valence-electron chi connectivity index (χ2n) is 6.35. The number of benzene rings is 1. The van der Waals surface area contributed by atoms with Crippen molar-refractivity contribution in [3.05, 3.63) is 52.0 Å². The lowest BCUT2D eigenvalue weighted by molar-refractivity contribution is 0.0945. The van der Waals surface area contributed by atoms with Crippen LogP contribution in [0.25, 0.3) is 10.2 Å². The first-order valence-corrected chi connectivity index (χ1v) is 8.96. The normalized spacial score (nSPS) is 11.2. The van der Waals surface area contributed by atoms with Gasteiger partial charge < -0.3 is 19.9 Å². The lowest BCUT2D eigenvalue weighted by atomic mass is 10.2. The lowest BCUT2D eigenvalue weighted by Gasteiger charge is -2.11. The Kier molecular flexibility index (Phi) is 5.11. The van der Waals surface area contributed by atoms with Gasteiger partial charge in [0.05, 0.1) is 17.3 Å². The van der Waals surface area contributed by atoms with E-state index in [1.807, 2.05) is 38.4 Å². The molecule has 2 aromatic heterocycles. The predicted octanol–water partition coefficient (Wildman–Crippen LogP) is 3.54. The molecule has 1 amide bonds. The van der Waals surface area contributed by atoms with E-state index in [9.17, 15) is 4.79 Å². The third-order valence-corrected chi connectivity index (χ3v) is 5.11. The number of methoxy groups -OCH3 is 1. The molecule has 1 aromatic carbocycles. The zero-order valence-electron chi connectivity index (χ0n) is 15.0. The molecule has 0 radical (unpaired) electrons. The molecular formula is C19H23N3O2S. The Morgan fingerprint density at radius 1 is 1.28 bits per heavy atom. The molecule has 132 valence electrons. The highest BCUT2D eigenvalue weighted by atomic mass is 32.1. The summed E-state index contributed by atoms with van der Waals surface area (Å²) in [4.78, 5) is 19.3. The number of H-pyrrole nitrogens is 1. The largest absolute Gasteiger partial charge is 0.497 e. The average molecular weight is 357 g/mol. The Bertz CT molecular complexity index is 878. The van der Waals surface area contributed by atoms with Crippen molar-refractivity contribution in [3.8, 4) is 5.75 Å². The number of carbonyl (C=O) groups excluding carboxylic acids is 1. The van der Waals surface area contributed by atoms with Crippen LogP contribution >= 0.6 is 11.3 Å². The topological polar surface area (TPSA) is 57.4 Å². The number of carbonyl (C=O) groups is 1. The summed E-state index contributed by atoms with van der Waals surface area (Å²) in [7, 11) is 5.67. The summed E-state index contributed by atoms with van der Waals surface area (Å²) in [6.45, 7) is 3.29. The molecule has 2 N–H and O–H groups in total. The monoisotopic (exact) mass is 357 g/mol. The van der Waals surface area contributed by atoms with Gasteiger partial charge in [0, 0.05) is 23.5 Å². The van der Waals surface area contributed by atoms with Crippen LogP contribution < -0.4 is 10.1 Å². The van der Waals surface area contributed by atoms with E-state index in [0.29, 0.717) is 12.2 Å². The number of hydrogen-bond acceptors (Lipinski definition) is 4. The van der Waals surface area contributed by atoms with E-state index < -0.39 is 0 Å². The maximum Gasteiger partial charge on any atom is 0.268 e. The Morgan fingerprint density at radius 3 is 2.64 bits per heavy atom. The molecule has 0 spiro atoms. The second kappa shape index (κ2) is 7.29. The van der Waals surface area contributed by atoms with Crippen molar-refractivity contribution in [3.63, 3.8) is 0 Å². The molecule has 2 heterocycles. The maximum atomic E-state index is 12.7. The highest BCUT2D eigenvalue weighted by molar-refractivity contribution is 7.19. The zero-order chi connectivity index (χ0) is 18.0. The number of nitrogens with one attached hydrogen (secondary N) is 2. The molecule has 3 rings (SSSR count). The zero-order valence-corrected chi connectivity index (χ0v) is 15.8. The van der Waals surface area contributed by atoms with Gasteiger partial charge >= 0.3 is 0 Å². The number of aromatic amines is 1. The van der Waals surface area contributed by atoms with Crippen LogP contribution in [0.15, 0.2) is 30.3 Å². The van der Waals surface area contributed by atoms with Gasteiger partial charge in [0.15, 0.2) is 0 Å². The molecule has 0 atom stereocenters. The van der Waals surface area contributed by atoms with E-state index in [1.165, 1.54) is 9.58 Å². The van der Waals surface area contributed by atoms with Crippen LogP contribution in [0.2, 0.25) is 0 Å². The van der Waals surface area contributed by atoms with Crippen LogP contribution in [0.3, 0.4) is 0 Å². The molecule has 0 bridgehead atoms. The van der Waals surface area contributed by atoms with Gasteiger partial charge in [0.2, 0.25) is 0 Å². The minimum atomic E-state index is -0.0753. The summed E-state index contributed by atoms with van der Waals surface area (Å²) in [5.41, 5.74) is 3.79. The van der Waals surface area contributed by atoms with E-state index in [-0.39, 0.29) is 5.91 Å². The molecule has 0 fully saturated rings. The molecule has 6 heteroatoms. The number of thiophene rings is 1. The van der Waals surface area contributed by atoms with Crippen LogP contribution in [0.1, 0.15) is 26.5 Å². The SMILES string of the molecule is COc1ccc(CNC(=O)c2[nH]c3cc(C)sc3c2CN(C)C)cc1. The lowest BCUT2D eigenvalue weighted by Crippen LogP contribution is -2.25. The minimum Gasteiger partial charge on any atom is -0.497 e. The molecule has 0 aliphatic heterocycles. The van der Waals surface area contributed by atoms with E-state index in [4.69, 9.17) is 4.74 Å². The van der Waals surface area contributed by atoms with E-state index in [2.05, 4.69) is 28.2 Å². The number of amides is 1. The van der Waals surface area contributed by atoms with Crippen molar-refractivity contribution < 1.29 is 9.53 Å². The summed E-state index contributed by atoms with van der Waals surface area (Å²) in [6.07, 6.45) is 0. The molecule has 0 saturated heterocycles. The third-order valence-electron chi connectivity index (χ3n) is 4.00. The highest BCUT2D eigenvalue weighted by Gasteiger charge is 2.19. The number of rotatable bonds is 6. The van der Waals surface area contributed by atoms with Crippen molar-refractivity contribution in [2.75, 3.05) is 21.2 Å². The van der Waals surface area contributed by atoms with Gasteiger partial charge in [-0.3, -0.25) is 4.79 Å². The fraction of sp³-hybridized carbons (Fsp3) is 0.316. The number of aromatic nitrogens is 1. The van der Waals surface area contributed by atoms with E-state index >= 15 is 0 Å². The van der Waals surface area contributed by atoms with Crippen LogP contribution in [0.5, 0.6) is 5.75 Å². The molecule has 25 heavy (non-hydrogen) atoms. The van der Waals surface area contributed by atoms with Gasteiger partial charge in [0.25, 0.3) is 5.91 Å². The standard InChI is InChI=1S/C19H23N3O2S/c1-12-9-16-18(25-12)15(11-22(2)3)17(21-16)19(23)20-10-13-5-7-14(24-4)8-6-13/h5-9,21H,10-11H2,1-4H3,(H,20,23). The summed E-state index contributed by atoms with van der Waals surface area (Å²) in [5, 5.41) is 3.01. The van der Waals surface area contributed by atoms with Gasteiger partial charge in [-0.1, -0.05) is 12.1 Å². The molecule has 0 aliphatic carbocycles. The first-order chi connectivity index (χ1) is 12.0. The molecule has 3 aromatic rings. The summed E-state index contributed by atoms with van der Waals surface area (Å²) < 4.78 is 6.32. The van der Waals surface area contributed by atoms with Gasteiger partial charge in [-0.2, -0.15) is 0 Å². The van der Waals surface area contributed by atoms with Crippen LogP contribution in [-0.4, -0.2) is 37.0 Å². The van der Waals surface area contributed by atoms with Crippen molar-refractivity contribution in [2.45, 2.75) is 20.0 Å². The molecule has 0 unspecified atom stereocenters. The molecular weight excluding hydrogens is 334 g/mol. The Labute approximate surface area is 151 Å². The maximum absolute atomic E-state index is 12.7. The predicted molar refractivity (Wildman–Crippen MR) is 102 cm³/mol. The summed E-state index contributed by atoms with van der Waals surface area (Å²) in [5.74, 6) is 0.733. The molecule has 5 nitrogen and oxygen atoms in total. The average Bonchev–Trinajstić information content (AvgIpc) is 3.10. The smallest absolute Gasteiger partial charge is 0.268 e. The Hall–Kier alpha value is -2.31. The second-order valence-corrected chi connectivity index (χ2v) is 7.60. The third kappa shape index (κ3) is 3.86. The number of ether oxygens (including phenoxy) is 1. The van der Waals surface area contributed by atoms with Crippen molar-refractivity contribution in [2.24, 2.45) is 0 Å². The first kappa shape index (κ1) is 17.5. The number of hydrogen-bond donors (Lipinski definition) is 2. The van der Waals surface area contributed by atoms with Crippen molar-refractivity contribution >= 4 is 27.5 Å². The number of nitrogens with zero attached hydrogens (tertiary/aromatic N) is 1. The quantitative estimate of drug-likeness (QED) is 0.709. The van der Waals surface area contributed by atoms with Crippen LogP contribution in [0.4, 0.5) is 0 Å². The molecule has 0 saturated carbocycles. The van der Waals surface area contributed by atoms with Crippen molar-refractivity contribution in [1.29, 1.82) is 0 Å². The first-order valence-electron chi connectivity index (χ1n) is 8.14. The van der Waals surface area contributed by atoms with Crippen LogP contribution in [0, 0.1) is 6.92 Å². The van der Waals surface area contributed by atoms with E-state index in [0.717, 1.165) is 28.9 Å². The number of aryl methyl sites for hydroxylation is 1. The molecule has 0 aliphatic rings. The van der Waals surface area contributed by atoms with Crippen molar-refractivity contribution in [1.82, 2.24) is 15.2 Å². The Morgan fingerprint density at radius 2 is 2.00 bits per heavy atom. The van der Waals surface area contributed by atoms with Gasteiger partial charge in [0.1, 0.15) is 11.4 Å². The fourth-order valence-electron chi connectivity index (χ4n) is 2.83. The summed E-state index contributed by atoms with van der Waals surface area (Å²) >= 11 is 1.73.